The molecule has 1 aliphatic heterocycles. The highest BCUT2D eigenvalue weighted by Gasteiger charge is 2.37. The molecule has 1 saturated heterocycles. The highest BCUT2D eigenvalue weighted by atomic mass is 16.3. The summed E-state index contributed by atoms with van der Waals surface area (Å²) in [6, 6.07) is 20.5. The zero-order valence-electron chi connectivity index (χ0n) is 28.9. The van der Waals surface area contributed by atoms with E-state index in [-0.39, 0.29) is 24.8 Å². The lowest BCUT2D eigenvalue weighted by molar-refractivity contribution is -0.132. The Bertz CT molecular complexity index is 1750. The second-order valence-electron chi connectivity index (χ2n) is 14.8. The quantitative estimate of drug-likeness (QED) is 0.189. The van der Waals surface area contributed by atoms with Gasteiger partial charge in [-0.25, -0.2) is 0 Å². The number of pyridine rings is 1. The number of aliphatic hydroxyl groups excluding tert-OH is 2. The lowest BCUT2D eigenvalue weighted by atomic mass is 9.91. The minimum Gasteiger partial charge on any atom is -0.460 e. The van der Waals surface area contributed by atoms with E-state index in [4.69, 9.17) is 4.42 Å². The van der Waals surface area contributed by atoms with Crippen molar-refractivity contribution in [1.29, 1.82) is 0 Å². The predicted molar refractivity (Wildman–Crippen MR) is 189 cm³/mol. The van der Waals surface area contributed by atoms with Gasteiger partial charge in [-0.1, -0.05) is 54.6 Å². The number of nitrogens with zero attached hydrogens (tertiary/aromatic N) is 3. The molecule has 2 aromatic carbocycles. The Morgan fingerprint density at radius 1 is 1.06 bits per heavy atom. The molecule has 1 fully saturated rings. The van der Waals surface area contributed by atoms with Gasteiger partial charge in [0.15, 0.2) is 0 Å². The molecule has 0 spiro atoms. The number of benzene rings is 2. The van der Waals surface area contributed by atoms with Crippen molar-refractivity contribution in [1.82, 2.24) is 25.4 Å². The Hall–Kier alpha value is -4.09. The number of hydrogen-bond donors (Lipinski definition) is 4. The van der Waals surface area contributed by atoms with Crippen molar-refractivity contribution in [2.24, 2.45) is 5.92 Å². The van der Waals surface area contributed by atoms with Gasteiger partial charge in [-0.2, -0.15) is 0 Å². The van der Waals surface area contributed by atoms with Crippen molar-refractivity contribution < 1.29 is 24.2 Å². The van der Waals surface area contributed by atoms with Gasteiger partial charge in [-0.05, 0) is 63.3 Å². The van der Waals surface area contributed by atoms with Gasteiger partial charge in [-0.15, -0.1) is 0 Å². The summed E-state index contributed by atoms with van der Waals surface area (Å²) in [6.07, 6.45) is 1.40. The van der Waals surface area contributed by atoms with Crippen molar-refractivity contribution in [3.63, 3.8) is 0 Å². The van der Waals surface area contributed by atoms with Crippen LogP contribution in [-0.2, 0) is 29.0 Å². The molecule has 6 rings (SSSR count). The first-order chi connectivity index (χ1) is 23.4. The van der Waals surface area contributed by atoms with Crippen molar-refractivity contribution in [2.75, 3.05) is 26.2 Å². The Balaban J connectivity index is 1.15. The molecule has 10 nitrogen and oxygen atoms in total. The SMILES string of the molecule is Cc1cc2oc(CN3CCN(C[C@@H](O)C[C@@H](Cc4ccccc4)C(=O)N[C@H]4c5ccccc5C[C@H]4O)[C@H](C(=O)NC(C)(C)C)C3)cc2cn1. The van der Waals surface area contributed by atoms with E-state index >= 15 is 0 Å². The number of amides is 2. The van der Waals surface area contributed by atoms with Crippen molar-refractivity contribution in [3.05, 3.63) is 101 Å². The van der Waals surface area contributed by atoms with Gasteiger partial charge < -0.3 is 25.3 Å². The van der Waals surface area contributed by atoms with Crippen LogP contribution in [0.5, 0.6) is 0 Å². The molecule has 0 radical (unpaired) electrons. The first-order valence-electron chi connectivity index (χ1n) is 17.3. The van der Waals surface area contributed by atoms with E-state index in [0.717, 1.165) is 39.1 Å². The summed E-state index contributed by atoms with van der Waals surface area (Å²) in [5, 5.41) is 29.6. The minimum atomic E-state index is -0.858. The fourth-order valence-electron chi connectivity index (χ4n) is 7.20. The maximum Gasteiger partial charge on any atom is 0.239 e. The standard InChI is InChI=1S/C39H49N5O5/c1-25-16-35-29(21-40-25)19-31(49-35)23-43-14-15-44(33(24-43)38(48)42-39(2,3)4)22-30(45)18-28(17-26-10-6-5-7-11-26)37(47)41-36-32-13-9-8-12-27(32)20-34(36)46/h5-13,16,19,21,28,30,33-34,36,45-46H,14-15,17-18,20,22-24H2,1-4H3,(H,41,47)(H,42,48)/t28-,30+,33+,34-,36+/m1/s1. The third kappa shape index (κ3) is 8.75. The number of furan rings is 1. The van der Waals surface area contributed by atoms with E-state index in [1.165, 1.54) is 0 Å². The van der Waals surface area contributed by atoms with Gasteiger partial charge in [0, 0.05) is 67.4 Å². The lowest BCUT2D eigenvalue weighted by Crippen LogP contribution is -2.61. The number of fused-ring (bicyclic) bond motifs is 2. The predicted octanol–water partition coefficient (Wildman–Crippen LogP) is 3.92. The summed E-state index contributed by atoms with van der Waals surface area (Å²) >= 11 is 0. The maximum absolute atomic E-state index is 13.9. The number of rotatable bonds is 11. The molecular weight excluding hydrogens is 618 g/mol. The molecule has 5 atom stereocenters. The molecule has 4 N–H and O–H groups in total. The van der Waals surface area contributed by atoms with Crippen LogP contribution in [0.4, 0.5) is 0 Å². The van der Waals surface area contributed by atoms with Gasteiger partial charge in [-0.3, -0.25) is 24.4 Å². The number of β-amino-alcohol motifs (C(OH)–C–C–N with tert-alkyl or cyclic N) is 1. The second kappa shape index (κ2) is 14.8. The van der Waals surface area contributed by atoms with Gasteiger partial charge >= 0.3 is 0 Å². The van der Waals surface area contributed by atoms with Crippen LogP contribution in [0.3, 0.4) is 0 Å². The zero-order valence-corrected chi connectivity index (χ0v) is 28.9. The summed E-state index contributed by atoms with van der Waals surface area (Å²) in [5.41, 5.74) is 4.23. The first-order valence-corrected chi connectivity index (χ1v) is 17.3. The average molecular weight is 668 g/mol. The molecule has 1 aliphatic carbocycles. The Kier molecular flexibility index (Phi) is 10.5. The molecule has 0 saturated carbocycles. The highest BCUT2D eigenvalue weighted by molar-refractivity contribution is 5.83. The highest BCUT2D eigenvalue weighted by Crippen LogP contribution is 2.32. The van der Waals surface area contributed by atoms with Crippen molar-refractivity contribution >= 4 is 22.8 Å². The molecule has 4 aromatic rings. The molecule has 49 heavy (non-hydrogen) atoms. The van der Waals surface area contributed by atoms with Crippen LogP contribution < -0.4 is 10.6 Å². The van der Waals surface area contributed by atoms with E-state index in [0.29, 0.717) is 39.0 Å². The number of piperazine rings is 1. The summed E-state index contributed by atoms with van der Waals surface area (Å²) in [7, 11) is 0. The van der Waals surface area contributed by atoms with Gasteiger partial charge in [0.2, 0.25) is 11.8 Å². The fraction of sp³-hybridized carbons (Fsp3) is 0.462. The summed E-state index contributed by atoms with van der Waals surface area (Å²) in [5.74, 6) is -0.0182. The third-order valence-electron chi connectivity index (χ3n) is 9.54. The van der Waals surface area contributed by atoms with Crippen LogP contribution in [0.1, 0.15) is 61.4 Å². The van der Waals surface area contributed by atoms with Gasteiger partial charge in [0.25, 0.3) is 0 Å². The Labute approximate surface area is 288 Å². The van der Waals surface area contributed by atoms with Crippen LogP contribution >= 0.6 is 0 Å². The number of aryl methyl sites for hydroxylation is 1. The Morgan fingerprint density at radius 3 is 2.59 bits per heavy atom. The zero-order chi connectivity index (χ0) is 34.7. The van der Waals surface area contributed by atoms with Crippen LogP contribution in [0.25, 0.3) is 11.0 Å². The number of hydrogen-bond acceptors (Lipinski definition) is 8. The van der Waals surface area contributed by atoms with E-state index in [9.17, 15) is 19.8 Å². The molecular formula is C39H49N5O5. The normalized spacial score (nSPS) is 21.3. The molecule has 2 aromatic heterocycles. The molecule has 0 bridgehead atoms. The molecule has 0 unspecified atom stereocenters. The Morgan fingerprint density at radius 2 is 1.82 bits per heavy atom. The monoisotopic (exact) mass is 667 g/mol. The van der Waals surface area contributed by atoms with Crippen LogP contribution in [0.2, 0.25) is 0 Å². The van der Waals surface area contributed by atoms with Gasteiger partial charge in [0.05, 0.1) is 24.8 Å². The van der Waals surface area contributed by atoms with E-state index in [1.807, 2.05) is 106 Å². The summed E-state index contributed by atoms with van der Waals surface area (Å²) in [4.78, 5) is 36.2. The number of aromatic nitrogens is 1. The van der Waals surface area contributed by atoms with Crippen molar-refractivity contribution in [3.8, 4) is 0 Å². The smallest absolute Gasteiger partial charge is 0.239 e. The van der Waals surface area contributed by atoms with E-state index < -0.39 is 35.7 Å². The maximum atomic E-state index is 13.9. The molecule has 2 amide bonds. The minimum absolute atomic E-state index is 0.0960. The number of aliphatic hydroxyl groups is 2. The van der Waals surface area contributed by atoms with Gasteiger partial charge in [0.1, 0.15) is 17.4 Å². The largest absolute Gasteiger partial charge is 0.460 e. The number of carbonyl (C=O) groups excluding carboxylic acids is 2. The average Bonchev–Trinajstić information content (AvgIpc) is 3.59. The molecule has 260 valence electrons. The van der Waals surface area contributed by atoms with Crippen molar-refractivity contribution in [2.45, 2.75) is 83.3 Å². The lowest BCUT2D eigenvalue weighted by Gasteiger charge is -2.42. The molecule has 10 heteroatoms. The van der Waals surface area contributed by atoms with Crippen LogP contribution in [-0.4, -0.2) is 86.8 Å². The molecule has 3 heterocycles. The summed E-state index contributed by atoms with van der Waals surface area (Å²) in [6.45, 7) is 10.3. The topological polar surface area (TPSA) is 131 Å². The van der Waals surface area contributed by atoms with E-state index in [1.54, 1.807) is 0 Å². The first kappa shape index (κ1) is 34.8. The second-order valence-corrected chi connectivity index (χ2v) is 14.8. The number of carbonyl (C=O) groups is 2. The van der Waals surface area contributed by atoms with Crippen LogP contribution in [0, 0.1) is 12.8 Å². The van der Waals surface area contributed by atoms with E-state index in [2.05, 4.69) is 20.5 Å². The summed E-state index contributed by atoms with van der Waals surface area (Å²) < 4.78 is 6.12. The van der Waals surface area contributed by atoms with Crippen LogP contribution in [0.15, 0.2) is 77.3 Å². The number of nitrogens with one attached hydrogen (secondary N) is 2. The third-order valence-corrected chi connectivity index (χ3v) is 9.54. The fourth-order valence-corrected chi connectivity index (χ4v) is 7.20. The molecule has 2 aliphatic rings.